The molecule has 1 aromatic carbocycles. The van der Waals surface area contributed by atoms with Crippen LogP contribution >= 0.6 is 11.3 Å². The van der Waals surface area contributed by atoms with Gasteiger partial charge in [-0.15, -0.1) is 11.3 Å². The summed E-state index contributed by atoms with van der Waals surface area (Å²) in [7, 11) is 0. The van der Waals surface area contributed by atoms with Crippen LogP contribution in [0.3, 0.4) is 0 Å². The van der Waals surface area contributed by atoms with Gasteiger partial charge >= 0.3 is 0 Å². The Balaban J connectivity index is 2.02. The highest BCUT2D eigenvalue weighted by Gasteiger charge is 2.10. The molecule has 2 aromatic rings. The molecule has 5 heteroatoms. The lowest BCUT2D eigenvalue weighted by atomic mass is 10.1. The van der Waals surface area contributed by atoms with Crippen molar-refractivity contribution in [3.63, 3.8) is 0 Å². The number of amides is 1. The van der Waals surface area contributed by atoms with E-state index in [9.17, 15) is 4.79 Å². The lowest BCUT2D eigenvalue weighted by Crippen LogP contribution is -2.22. The highest BCUT2D eigenvalue weighted by molar-refractivity contribution is 7.11. The number of aryl methyl sites for hydroxylation is 1. The number of carbonyl (C=O) groups excluding carboxylic acids is 1. The summed E-state index contributed by atoms with van der Waals surface area (Å²) in [6.07, 6.45) is 0. The molecule has 0 aliphatic carbocycles. The van der Waals surface area contributed by atoms with Crippen molar-refractivity contribution in [3.8, 4) is 6.07 Å². The van der Waals surface area contributed by atoms with E-state index in [1.54, 1.807) is 23.7 Å². The van der Waals surface area contributed by atoms with E-state index in [1.807, 2.05) is 13.0 Å². The van der Waals surface area contributed by atoms with Gasteiger partial charge in [-0.2, -0.15) is 5.26 Å². The Kier molecular flexibility index (Phi) is 3.70. The number of nitrogens with zero attached hydrogens (tertiary/aromatic N) is 2. The Morgan fingerprint density at radius 3 is 3.06 bits per heavy atom. The Labute approximate surface area is 109 Å². The third kappa shape index (κ3) is 2.73. The van der Waals surface area contributed by atoms with Crippen molar-refractivity contribution in [2.45, 2.75) is 13.5 Å². The minimum atomic E-state index is -0.127. The van der Waals surface area contributed by atoms with E-state index in [2.05, 4.69) is 16.4 Å². The maximum Gasteiger partial charge on any atom is 0.263 e. The molecule has 0 saturated heterocycles. The highest BCUT2D eigenvalue weighted by atomic mass is 32.1. The van der Waals surface area contributed by atoms with E-state index < -0.39 is 0 Å². The molecule has 0 saturated carbocycles. The number of hydrogen-bond donors (Lipinski definition) is 1. The molecular formula is C13H11N3OS. The van der Waals surface area contributed by atoms with Gasteiger partial charge in [0.05, 0.1) is 22.8 Å². The molecule has 0 fully saturated rings. The number of rotatable bonds is 3. The number of hydrogen-bond acceptors (Lipinski definition) is 4. The summed E-state index contributed by atoms with van der Waals surface area (Å²) in [5.41, 5.74) is 3.89. The fourth-order valence-electron chi connectivity index (χ4n) is 1.53. The zero-order valence-corrected chi connectivity index (χ0v) is 10.6. The second-order valence-electron chi connectivity index (χ2n) is 3.76. The number of thiazole rings is 1. The smallest absolute Gasteiger partial charge is 0.263 e. The van der Waals surface area contributed by atoms with Crippen molar-refractivity contribution < 1.29 is 4.79 Å². The first-order chi connectivity index (χ1) is 8.70. The number of aromatic nitrogens is 1. The first kappa shape index (κ1) is 12.3. The van der Waals surface area contributed by atoms with Gasteiger partial charge in [-0.3, -0.25) is 4.79 Å². The van der Waals surface area contributed by atoms with E-state index in [-0.39, 0.29) is 5.91 Å². The first-order valence-corrected chi connectivity index (χ1v) is 6.26. The van der Waals surface area contributed by atoms with Gasteiger partial charge in [0.2, 0.25) is 0 Å². The van der Waals surface area contributed by atoms with E-state index in [0.29, 0.717) is 17.0 Å². The van der Waals surface area contributed by atoms with Gasteiger partial charge in [-0.05, 0) is 24.6 Å². The molecule has 1 N–H and O–H groups in total. The number of nitrogens with one attached hydrogen (secondary N) is 1. The number of nitriles is 1. The zero-order valence-electron chi connectivity index (χ0n) is 9.80. The third-order valence-corrected chi connectivity index (χ3v) is 3.39. The first-order valence-electron chi connectivity index (χ1n) is 5.38. The van der Waals surface area contributed by atoms with Crippen molar-refractivity contribution in [2.24, 2.45) is 0 Å². The van der Waals surface area contributed by atoms with Gasteiger partial charge in [0.1, 0.15) is 4.88 Å². The van der Waals surface area contributed by atoms with Gasteiger partial charge in [0.15, 0.2) is 0 Å². The lowest BCUT2D eigenvalue weighted by molar-refractivity contribution is 0.0954. The summed E-state index contributed by atoms with van der Waals surface area (Å²) in [6.45, 7) is 2.22. The van der Waals surface area contributed by atoms with Crippen LogP contribution in [-0.4, -0.2) is 10.9 Å². The van der Waals surface area contributed by atoms with Crippen LogP contribution in [0.1, 0.15) is 26.5 Å². The molecule has 2 rings (SSSR count). The van der Waals surface area contributed by atoms with Crippen LogP contribution in [0.4, 0.5) is 0 Å². The molecule has 0 aliphatic heterocycles. The topological polar surface area (TPSA) is 65.8 Å². The zero-order chi connectivity index (χ0) is 13.0. The Bertz CT molecular complexity index is 613. The Hall–Kier alpha value is -2.19. The van der Waals surface area contributed by atoms with Crippen molar-refractivity contribution in [1.29, 1.82) is 5.26 Å². The minimum absolute atomic E-state index is 0.127. The standard InChI is InChI=1S/C13H11N3OS/c1-9-12(18-8-16-9)13(17)15-7-11-4-2-3-10(5-11)6-14/h2-5,8H,7H2,1H3,(H,15,17). The van der Waals surface area contributed by atoms with Gasteiger partial charge in [0.25, 0.3) is 5.91 Å². The number of benzene rings is 1. The molecule has 4 nitrogen and oxygen atoms in total. The molecule has 1 amide bonds. The van der Waals surface area contributed by atoms with Crippen LogP contribution in [-0.2, 0) is 6.54 Å². The fraction of sp³-hybridized carbons (Fsp3) is 0.154. The van der Waals surface area contributed by atoms with Crippen LogP contribution in [0.15, 0.2) is 29.8 Å². The van der Waals surface area contributed by atoms with Gasteiger partial charge in [-0.1, -0.05) is 12.1 Å². The average Bonchev–Trinajstić information content (AvgIpc) is 2.82. The molecule has 1 heterocycles. The molecule has 0 aliphatic rings. The number of carbonyl (C=O) groups is 1. The van der Waals surface area contributed by atoms with Crippen LogP contribution in [0.25, 0.3) is 0 Å². The molecule has 0 unspecified atom stereocenters. The van der Waals surface area contributed by atoms with Crippen LogP contribution < -0.4 is 5.32 Å². The van der Waals surface area contributed by atoms with Gasteiger partial charge in [0, 0.05) is 6.54 Å². The van der Waals surface area contributed by atoms with Crippen LogP contribution in [0, 0.1) is 18.3 Å². The summed E-state index contributed by atoms with van der Waals surface area (Å²) in [6, 6.07) is 9.25. The van der Waals surface area contributed by atoms with Crippen LogP contribution in [0.5, 0.6) is 0 Å². The SMILES string of the molecule is Cc1ncsc1C(=O)NCc1cccc(C#N)c1. The molecule has 0 radical (unpaired) electrons. The summed E-state index contributed by atoms with van der Waals surface area (Å²) in [4.78, 5) is 16.5. The second kappa shape index (κ2) is 5.43. The Morgan fingerprint density at radius 2 is 2.39 bits per heavy atom. The summed E-state index contributed by atoms with van der Waals surface area (Å²) < 4.78 is 0. The lowest BCUT2D eigenvalue weighted by Gasteiger charge is -2.04. The van der Waals surface area contributed by atoms with Crippen molar-refractivity contribution in [3.05, 3.63) is 51.5 Å². The second-order valence-corrected chi connectivity index (χ2v) is 4.62. The van der Waals surface area contributed by atoms with E-state index in [0.717, 1.165) is 11.3 Å². The molecule has 0 spiro atoms. The molecule has 0 atom stereocenters. The van der Waals surface area contributed by atoms with E-state index >= 15 is 0 Å². The quantitative estimate of drug-likeness (QED) is 0.917. The minimum Gasteiger partial charge on any atom is -0.347 e. The maximum absolute atomic E-state index is 11.8. The summed E-state index contributed by atoms with van der Waals surface area (Å²) >= 11 is 1.32. The molecule has 18 heavy (non-hydrogen) atoms. The molecular weight excluding hydrogens is 246 g/mol. The van der Waals surface area contributed by atoms with Gasteiger partial charge in [-0.25, -0.2) is 4.98 Å². The van der Waals surface area contributed by atoms with Crippen molar-refractivity contribution in [1.82, 2.24) is 10.3 Å². The fourth-order valence-corrected chi connectivity index (χ4v) is 2.25. The average molecular weight is 257 g/mol. The summed E-state index contributed by atoms with van der Waals surface area (Å²) in [5, 5.41) is 11.6. The Morgan fingerprint density at radius 1 is 1.56 bits per heavy atom. The normalized spacial score (nSPS) is 9.78. The van der Waals surface area contributed by atoms with Crippen molar-refractivity contribution >= 4 is 17.2 Å². The summed E-state index contributed by atoms with van der Waals surface area (Å²) in [5.74, 6) is -0.127. The van der Waals surface area contributed by atoms with E-state index in [1.165, 1.54) is 11.3 Å². The maximum atomic E-state index is 11.8. The third-order valence-electron chi connectivity index (χ3n) is 2.46. The van der Waals surface area contributed by atoms with Gasteiger partial charge < -0.3 is 5.32 Å². The highest BCUT2D eigenvalue weighted by Crippen LogP contribution is 2.12. The molecule has 1 aromatic heterocycles. The van der Waals surface area contributed by atoms with Crippen molar-refractivity contribution in [2.75, 3.05) is 0 Å². The predicted molar refractivity (Wildman–Crippen MR) is 69.2 cm³/mol. The molecule has 90 valence electrons. The monoisotopic (exact) mass is 257 g/mol. The molecule has 0 bridgehead atoms. The van der Waals surface area contributed by atoms with E-state index in [4.69, 9.17) is 5.26 Å². The predicted octanol–water partition coefficient (Wildman–Crippen LogP) is 2.25. The largest absolute Gasteiger partial charge is 0.347 e. The van der Waals surface area contributed by atoms with Crippen LogP contribution in [0.2, 0.25) is 0 Å².